The van der Waals surface area contributed by atoms with Gasteiger partial charge < -0.3 is 0 Å². The number of aryl methyl sites for hydroxylation is 1. The first-order chi connectivity index (χ1) is 9.43. The van der Waals surface area contributed by atoms with Gasteiger partial charge in [0.1, 0.15) is 0 Å². The van der Waals surface area contributed by atoms with Gasteiger partial charge in [-0.1, -0.05) is 20.8 Å². The fourth-order valence-corrected chi connectivity index (χ4v) is 4.93. The summed E-state index contributed by atoms with van der Waals surface area (Å²) in [7, 11) is -2.90. The minimum absolute atomic E-state index is 0.0188. The van der Waals surface area contributed by atoms with Crippen molar-refractivity contribution in [2.75, 3.05) is 11.5 Å². The number of nitrogens with zero attached hydrogens (tertiary/aromatic N) is 2. The lowest BCUT2D eigenvalue weighted by atomic mass is 10.0. The fourth-order valence-electron chi connectivity index (χ4n) is 2.98. The molecule has 1 aromatic rings. The van der Waals surface area contributed by atoms with E-state index in [2.05, 4.69) is 25.9 Å². The summed E-state index contributed by atoms with van der Waals surface area (Å²) in [4.78, 5) is 0. The van der Waals surface area contributed by atoms with Gasteiger partial charge in [-0.25, -0.2) is 8.42 Å². The largest absolute Gasteiger partial charge is 0.265 e. The lowest BCUT2D eigenvalue weighted by molar-refractivity contribution is 0.477. The van der Waals surface area contributed by atoms with E-state index in [-0.39, 0.29) is 22.9 Å². The molecule has 0 amide bonds. The van der Waals surface area contributed by atoms with E-state index >= 15 is 0 Å². The van der Waals surface area contributed by atoms with Crippen molar-refractivity contribution < 1.29 is 8.42 Å². The van der Waals surface area contributed by atoms with Crippen LogP contribution in [-0.2, 0) is 22.7 Å². The normalized spacial score (nSPS) is 23.1. The van der Waals surface area contributed by atoms with E-state index in [1.807, 2.05) is 4.68 Å². The summed E-state index contributed by atoms with van der Waals surface area (Å²) >= 11 is 6.46. The summed E-state index contributed by atoms with van der Waals surface area (Å²) in [5.74, 6) is 0.485. The molecule has 1 aliphatic heterocycles. The van der Waals surface area contributed by atoms with E-state index < -0.39 is 9.84 Å². The molecular formula is C14H23ClN2O2S. The van der Waals surface area contributed by atoms with Crippen LogP contribution in [0.3, 0.4) is 0 Å². The SMILES string of the molecule is CCc1nn(C2CCS(=O)(=O)C2)c(CC)c1C(Cl)CC. The van der Waals surface area contributed by atoms with Crippen LogP contribution in [0.1, 0.15) is 62.0 Å². The molecule has 4 nitrogen and oxygen atoms in total. The van der Waals surface area contributed by atoms with E-state index in [1.54, 1.807) is 0 Å². The quantitative estimate of drug-likeness (QED) is 0.784. The van der Waals surface area contributed by atoms with Crippen molar-refractivity contribution in [2.24, 2.45) is 0 Å². The molecular weight excluding hydrogens is 296 g/mol. The third kappa shape index (κ3) is 2.89. The van der Waals surface area contributed by atoms with E-state index in [0.717, 1.165) is 36.2 Å². The molecule has 0 N–H and O–H groups in total. The lowest BCUT2D eigenvalue weighted by Crippen LogP contribution is -2.15. The molecule has 0 radical (unpaired) electrons. The van der Waals surface area contributed by atoms with Crippen LogP contribution in [0, 0.1) is 0 Å². The van der Waals surface area contributed by atoms with Gasteiger partial charge >= 0.3 is 0 Å². The minimum atomic E-state index is -2.90. The molecule has 114 valence electrons. The van der Waals surface area contributed by atoms with Crippen LogP contribution in [0.4, 0.5) is 0 Å². The molecule has 1 aliphatic rings. The number of hydrogen-bond donors (Lipinski definition) is 0. The predicted octanol–water partition coefficient (Wildman–Crippen LogP) is 3.06. The Morgan fingerprint density at radius 2 is 2.05 bits per heavy atom. The summed E-state index contributed by atoms with van der Waals surface area (Å²) in [5, 5.41) is 4.65. The summed E-state index contributed by atoms with van der Waals surface area (Å²) < 4.78 is 25.3. The zero-order chi connectivity index (χ0) is 14.9. The van der Waals surface area contributed by atoms with Crippen molar-refractivity contribution in [3.8, 4) is 0 Å². The maximum absolute atomic E-state index is 11.7. The third-order valence-electron chi connectivity index (χ3n) is 4.02. The standard InChI is InChI=1S/C14H23ClN2O2S/c1-4-11(15)14-12(5-2)16-17(13(14)6-3)10-7-8-20(18,19)9-10/h10-11H,4-9H2,1-3H3. The summed E-state index contributed by atoms with van der Waals surface area (Å²) in [6.07, 6.45) is 3.19. The van der Waals surface area contributed by atoms with Gasteiger partial charge in [-0.2, -0.15) is 5.10 Å². The second-order valence-corrected chi connectivity index (χ2v) is 8.15. The van der Waals surface area contributed by atoms with Crippen LogP contribution in [0.2, 0.25) is 0 Å². The van der Waals surface area contributed by atoms with Crippen LogP contribution in [0.15, 0.2) is 0 Å². The zero-order valence-corrected chi connectivity index (χ0v) is 14.0. The Hall–Kier alpha value is -0.550. The Morgan fingerprint density at radius 3 is 2.50 bits per heavy atom. The predicted molar refractivity (Wildman–Crippen MR) is 82.2 cm³/mol. The van der Waals surface area contributed by atoms with Crippen molar-refractivity contribution in [3.63, 3.8) is 0 Å². The second kappa shape index (κ2) is 6.06. The van der Waals surface area contributed by atoms with E-state index in [1.165, 1.54) is 0 Å². The van der Waals surface area contributed by atoms with Gasteiger partial charge in [0.05, 0.1) is 28.6 Å². The highest BCUT2D eigenvalue weighted by molar-refractivity contribution is 7.91. The van der Waals surface area contributed by atoms with E-state index in [4.69, 9.17) is 11.6 Å². The Labute approximate surface area is 126 Å². The Kier molecular flexibility index (Phi) is 4.80. The summed E-state index contributed by atoms with van der Waals surface area (Å²) in [6.45, 7) is 6.22. The molecule has 2 unspecified atom stereocenters. The Morgan fingerprint density at radius 1 is 1.35 bits per heavy atom. The smallest absolute Gasteiger partial charge is 0.152 e. The minimum Gasteiger partial charge on any atom is -0.265 e. The summed E-state index contributed by atoms with van der Waals surface area (Å²) in [5.41, 5.74) is 3.27. The van der Waals surface area contributed by atoms with E-state index in [0.29, 0.717) is 6.42 Å². The van der Waals surface area contributed by atoms with Crippen LogP contribution in [-0.4, -0.2) is 29.7 Å². The lowest BCUT2D eigenvalue weighted by Gasteiger charge is -2.14. The molecule has 1 saturated heterocycles. The first kappa shape index (κ1) is 15.8. The van der Waals surface area contributed by atoms with Gasteiger partial charge in [0.25, 0.3) is 0 Å². The number of alkyl halides is 1. The molecule has 0 spiro atoms. The molecule has 1 aromatic heterocycles. The van der Waals surface area contributed by atoms with Crippen molar-refractivity contribution in [3.05, 3.63) is 17.0 Å². The molecule has 0 aromatic carbocycles. The first-order valence-corrected chi connectivity index (χ1v) is 9.63. The van der Waals surface area contributed by atoms with Crippen molar-refractivity contribution in [1.29, 1.82) is 0 Å². The highest BCUT2D eigenvalue weighted by Crippen LogP contribution is 2.34. The third-order valence-corrected chi connectivity index (χ3v) is 6.30. The number of sulfone groups is 1. The average Bonchev–Trinajstić information content (AvgIpc) is 2.97. The molecule has 20 heavy (non-hydrogen) atoms. The van der Waals surface area contributed by atoms with E-state index in [9.17, 15) is 8.42 Å². The maximum atomic E-state index is 11.7. The topological polar surface area (TPSA) is 52.0 Å². The summed E-state index contributed by atoms with van der Waals surface area (Å²) in [6, 6.07) is -0.0188. The highest BCUT2D eigenvalue weighted by Gasteiger charge is 2.33. The fraction of sp³-hybridized carbons (Fsp3) is 0.786. The van der Waals surface area contributed by atoms with Crippen LogP contribution in [0.25, 0.3) is 0 Å². The molecule has 2 heterocycles. The van der Waals surface area contributed by atoms with Crippen LogP contribution < -0.4 is 0 Å². The molecule has 6 heteroatoms. The second-order valence-electron chi connectivity index (χ2n) is 5.39. The maximum Gasteiger partial charge on any atom is 0.152 e. The molecule has 0 saturated carbocycles. The van der Waals surface area contributed by atoms with Crippen LogP contribution in [0.5, 0.6) is 0 Å². The van der Waals surface area contributed by atoms with Gasteiger partial charge in [0.2, 0.25) is 0 Å². The zero-order valence-electron chi connectivity index (χ0n) is 12.4. The van der Waals surface area contributed by atoms with Crippen LogP contribution >= 0.6 is 11.6 Å². The van der Waals surface area contributed by atoms with Crippen molar-refractivity contribution in [1.82, 2.24) is 9.78 Å². The van der Waals surface area contributed by atoms with Gasteiger partial charge in [0.15, 0.2) is 9.84 Å². The number of rotatable bonds is 5. The monoisotopic (exact) mass is 318 g/mol. The number of hydrogen-bond acceptors (Lipinski definition) is 3. The van der Waals surface area contributed by atoms with Crippen molar-refractivity contribution >= 4 is 21.4 Å². The molecule has 1 fully saturated rings. The first-order valence-electron chi connectivity index (χ1n) is 7.38. The van der Waals surface area contributed by atoms with Gasteiger partial charge in [0, 0.05) is 11.3 Å². The van der Waals surface area contributed by atoms with Gasteiger partial charge in [-0.05, 0) is 25.7 Å². The number of halogens is 1. The molecule has 0 aliphatic carbocycles. The Balaban J connectivity index is 2.46. The van der Waals surface area contributed by atoms with Crippen molar-refractivity contribution in [2.45, 2.75) is 57.9 Å². The van der Waals surface area contributed by atoms with Gasteiger partial charge in [-0.3, -0.25) is 4.68 Å². The number of aromatic nitrogens is 2. The molecule has 0 bridgehead atoms. The average molecular weight is 319 g/mol. The molecule has 2 rings (SSSR count). The molecule has 2 atom stereocenters. The highest BCUT2D eigenvalue weighted by atomic mass is 35.5. The Bertz CT molecular complexity index is 580. The van der Waals surface area contributed by atoms with Gasteiger partial charge in [-0.15, -0.1) is 11.6 Å².